The van der Waals surface area contributed by atoms with Crippen LogP contribution < -0.4 is 14.4 Å². The highest BCUT2D eigenvalue weighted by Crippen LogP contribution is 2.35. The molecular formula is C17H17NO5S. The van der Waals surface area contributed by atoms with Gasteiger partial charge in [-0.05, 0) is 24.3 Å². The molecule has 3 rings (SSSR count). The van der Waals surface area contributed by atoms with E-state index in [1.807, 2.05) is 0 Å². The summed E-state index contributed by atoms with van der Waals surface area (Å²) in [5, 5.41) is 0. The van der Waals surface area contributed by atoms with Gasteiger partial charge in [0, 0.05) is 6.54 Å². The highest BCUT2D eigenvalue weighted by molar-refractivity contribution is 7.91. The highest BCUT2D eigenvalue weighted by Gasteiger charge is 2.33. The number of sulfone groups is 1. The fourth-order valence-corrected chi connectivity index (χ4v) is 4.22. The fraction of sp³-hybridized carbons (Fsp3) is 0.235. The van der Waals surface area contributed by atoms with Gasteiger partial charge in [0.2, 0.25) is 0 Å². The van der Waals surface area contributed by atoms with Crippen molar-refractivity contribution >= 4 is 21.4 Å². The third-order valence-electron chi connectivity index (χ3n) is 3.96. The normalized spacial score (nSPS) is 15.5. The van der Waals surface area contributed by atoms with E-state index in [0.717, 1.165) is 0 Å². The van der Waals surface area contributed by atoms with Crippen molar-refractivity contribution in [2.24, 2.45) is 0 Å². The van der Waals surface area contributed by atoms with E-state index >= 15 is 0 Å². The molecule has 0 fully saturated rings. The third-order valence-corrected chi connectivity index (χ3v) is 5.70. The maximum Gasteiger partial charge on any atom is 0.265 e. The van der Waals surface area contributed by atoms with Crippen LogP contribution in [0.15, 0.2) is 47.4 Å². The summed E-state index contributed by atoms with van der Waals surface area (Å²) in [7, 11) is -0.434. The maximum absolute atomic E-state index is 13.1. The van der Waals surface area contributed by atoms with Gasteiger partial charge in [-0.15, -0.1) is 0 Å². The van der Waals surface area contributed by atoms with Crippen LogP contribution in [-0.2, 0) is 9.84 Å². The van der Waals surface area contributed by atoms with Gasteiger partial charge in [0.15, 0.2) is 9.84 Å². The molecule has 0 atom stereocenters. The second-order valence-corrected chi connectivity index (χ2v) is 7.36. The van der Waals surface area contributed by atoms with Crippen LogP contribution >= 0.6 is 0 Å². The third kappa shape index (κ3) is 2.60. The Bertz CT molecular complexity index is 869. The zero-order chi connectivity index (χ0) is 17.3. The summed E-state index contributed by atoms with van der Waals surface area (Å²) in [6.45, 7) is 0.0827. The number of carbonyl (C=O) groups excluding carboxylic acids is 1. The summed E-state index contributed by atoms with van der Waals surface area (Å²) in [6.07, 6.45) is 0. The Morgan fingerprint density at radius 3 is 2.25 bits per heavy atom. The molecule has 7 heteroatoms. The largest absolute Gasteiger partial charge is 0.496 e. The Labute approximate surface area is 140 Å². The van der Waals surface area contributed by atoms with E-state index in [2.05, 4.69) is 0 Å². The molecule has 1 aliphatic rings. The minimum atomic E-state index is -3.38. The predicted octanol–water partition coefficient (Wildman–Crippen LogP) is 2.14. The molecule has 2 aromatic carbocycles. The molecule has 1 aliphatic heterocycles. The molecule has 126 valence electrons. The lowest BCUT2D eigenvalue weighted by molar-refractivity contribution is 0.0981. The van der Waals surface area contributed by atoms with Gasteiger partial charge in [-0.2, -0.15) is 0 Å². The lowest BCUT2D eigenvalue weighted by Crippen LogP contribution is -2.40. The number of hydrogen-bond donors (Lipinski definition) is 0. The van der Waals surface area contributed by atoms with E-state index < -0.39 is 9.84 Å². The molecule has 0 N–H and O–H groups in total. The van der Waals surface area contributed by atoms with Crippen molar-refractivity contribution in [2.45, 2.75) is 4.90 Å². The van der Waals surface area contributed by atoms with E-state index in [-0.39, 0.29) is 28.7 Å². The first-order chi connectivity index (χ1) is 11.5. The number of amides is 1. The lowest BCUT2D eigenvalue weighted by Gasteiger charge is -2.30. The molecule has 2 aromatic rings. The topological polar surface area (TPSA) is 72.9 Å². The molecule has 6 nitrogen and oxygen atoms in total. The number of rotatable bonds is 3. The fourth-order valence-electron chi connectivity index (χ4n) is 2.79. The van der Waals surface area contributed by atoms with E-state index in [0.29, 0.717) is 17.2 Å². The minimum Gasteiger partial charge on any atom is -0.496 e. The van der Waals surface area contributed by atoms with Gasteiger partial charge in [-0.25, -0.2) is 8.42 Å². The monoisotopic (exact) mass is 347 g/mol. The van der Waals surface area contributed by atoms with Crippen LogP contribution in [-0.4, -0.2) is 40.8 Å². The Morgan fingerprint density at radius 1 is 1.00 bits per heavy atom. The molecule has 0 radical (unpaired) electrons. The van der Waals surface area contributed by atoms with Crippen LogP contribution in [0.3, 0.4) is 0 Å². The van der Waals surface area contributed by atoms with Crippen molar-refractivity contribution in [1.29, 1.82) is 0 Å². The van der Waals surface area contributed by atoms with Crippen LogP contribution in [0.2, 0.25) is 0 Å². The zero-order valence-corrected chi connectivity index (χ0v) is 14.2. The van der Waals surface area contributed by atoms with Crippen LogP contribution in [0.4, 0.5) is 5.69 Å². The first-order valence-corrected chi connectivity index (χ1v) is 8.99. The molecule has 0 bridgehead atoms. The molecule has 0 unspecified atom stereocenters. The number of carbonyl (C=O) groups is 1. The second kappa shape index (κ2) is 6.16. The van der Waals surface area contributed by atoms with E-state index in [9.17, 15) is 13.2 Å². The average Bonchev–Trinajstić information content (AvgIpc) is 2.60. The van der Waals surface area contributed by atoms with Crippen molar-refractivity contribution < 1.29 is 22.7 Å². The number of para-hydroxylation sites is 1. The predicted molar refractivity (Wildman–Crippen MR) is 89.7 cm³/mol. The summed E-state index contributed by atoms with van der Waals surface area (Å²) in [5.74, 6) is 0.287. The summed E-state index contributed by atoms with van der Waals surface area (Å²) in [6, 6.07) is 11.6. The molecule has 0 aromatic heterocycles. The number of hydrogen-bond acceptors (Lipinski definition) is 5. The number of methoxy groups -OCH3 is 2. The first-order valence-electron chi connectivity index (χ1n) is 7.34. The molecule has 0 spiro atoms. The number of benzene rings is 2. The van der Waals surface area contributed by atoms with Crippen molar-refractivity contribution in [1.82, 2.24) is 0 Å². The van der Waals surface area contributed by atoms with Gasteiger partial charge < -0.3 is 14.4 Å². The summed E-state index contributed by atoms with van der Waals surface area (Å²) < 4.78 is 35.0. The van der Waals surface area contributed by atoms with E-state index in [4.69, 9.17) is 9.47 Å². The Balaban J connectivity index is 2.13. The highest BCUT2D eigenvalue weighted by atomic mass is 32.2. The number of nitrogens with zero attached hydrogens (tertiary/aromatic N) is 1. The second-order valence-electron chi connectivity index (χ2n) is 5.28. The Kier molecular flexibility index (Phi) is 4.19. The number of anilines is 1. The molecule has 24 heavy (non-hydrogen) atoms. The van der Waals surface area contributed by atoms with Crippen LogP contribution in [0.1, 0.15) is 10.4 Å². The standard InChI is InChI=1S/C17H17NO5S/c1-22-13-7-5-8-14(23-2)16(13)17(19)18-10-11-24(20,21)15-9-4-3-6-12(15)18/h3-9H,10-11H2,1-2H3. The molecule has 1 amide bonds. The van der Waals surface area contributed by atoms with Gasteiger partial charge in [-0.3, -0.25) is 4.79 Å². The van der Waals surface area contributed by atoms with Gasteiger partial charge in [0.1, 0.15) is 17.1 Å². The minimum absolute atomic E-state index is 0.0827. The van der Waals surface area contributed by atoms with Crippen LogP contribution in [0, 0.1) is 0 Å². The lowest BCUT2D eigenvalue weighted by atomic mass is 10.1. The summed E-state index contributed by atoms with van der Waals surface area (Å²) in [4.78, 5) is 14.7. The van der Waals surface area contributed by atoms with E-state index in [1.54, 1.807) is 36.4 Å². The Morgan fingerprint density at radius 2 is 1.62 bits per heavy atom. The summed E-state index contributed by atoms with van der Waals surface area (Å²) in [5.41, 5.74) is 0.651. The molecular weight excluding hydrogens is 330 g/mol. The van der Waals surface area contributed by atoms with Gasteiger partial charge >= 0.3 is 0 Å². The smallest absolute Gasteiger partial charge is 0.265 e. The van der Waals surface area contributed by atoms with Crippen molar-refractivity contribution in [3.8, 4) is 11.5 Å². The average molecular weight is 347 g/mol. The SMILES string of the molecule is COc1cccc(OC)c1C(=O)N1CCS(=O)(=O)c2ccccc21. The number of ether oxygens (including phenoxy) is 2. The number of fused-ring (bicyclic) bond motifs is 1. The van der Waals surface area contributed by atoms with Gasteiger partial charge in [0.25, 0.3) is 5.91 Å². The van der Waals surface area contributed by atoms with Crippen molar-refractivity contribution in [3.05, 3.63) is 48.0 Å². The molecule has 0 saturated heterocycles. The van der Waals surface area contributed by atoms with Crippen LogP contribution in [0.25, 0.3) is 0 Å². The van der Waals surface area contributed by atoms with Crippen molar-refractivity contribution in [3.63, 3.8) is 0 Å². The molecule has 1 heterocycles. The first kappa shape index (κ1) is 16.3. The van der Waals surface area contributed by atoms with Crippen molar-refractivity contribution in [2.75, 3.05) is 31.4 Å². The van der Waals surface area contributed by atoms with E-state index in [1.165, 1.54) is 25.2 Å². The van der Waals surface area contributed by atoms with Gasteiger partial charge in [-0.1, -0.05) is 18.2 Å². The summed E-state index contributed by atoms with van der Waals surface area (Å²) >= 11 is 0. The van der Waals surface area contributed by atoms with Gasteiger partial charge in [0.05, 0.1) is 30.6 Å². The zero-order valence-electron chi connectivity index (χ0n) is 13.4. The van der Waals surface area contributed by atoms with Crippen LogP contribution in [0.5, 0.6) is 11.5 Å². The molecule has 0 saturated carbocycles. The quantitative estimate of drug-likeness (QED) is 0.850. The maximum atomic E-state index is 13.1. The Hall–Kier alpha value is -2.54. The molecule has 0 aliphatic carbocycles.